The first-order chi connectivity index (χ1) is 20.7. The minimum Gasteiger partial charge on any atom is -0.493 e. The Morgan fingerprint density at radius 2 is 1.14 bits per heavy atom. The zero-order valence-electron chi connectivity index (χ0n) is 26.2. The summed E-state index contributed by atoms with van der Waals surface area (Å²) in [5, 5.41) is 0. The fourth-order valence-electron chi connectivity index (χ4n) is 5.13. The van der Waals surface area contributed by atoms with Gasteiger partial charge in [0, 0.05) is 30.8 Å². The Morgan fingerprint density at radius 3 is 1.53 bits per heavy atom. The number of carbonyl (C=O) groups is 3. The van der Waals surface area contributed by atoms with Gasteiger partial charge in [0.1, 0.15) is 6.61 Å². The van der Waals surface area contributed by atoms with Crippen molar-refractivity contribution in [1.29, 1.82) is 0 Å². The van der Waals surface area contributed by atoms with E-state index in [9.17, 15) is 14.4 Å². The Bertz CT molecular complexity index is 1240. The summed E-state index contributed by atoms with van der Waals surface area (Å²) in [4.78, 5) is 43.6. The molecule has 1 aliphatic rings. The summed E-state index contributed by atoms with van der Waals surface area (Å²) in [7, 11) is 8.86. The normalized spacial score (nSPS) is 14.7. The third kappa shape index (κ3) is 7.18. The van der Waals surface area contributed by atoms with Gasteiger partial charge in [-0.25, -0.2) is 0 Å². The molecule has 0 N–H and O–H groups in total. The maximum atomic E-state index is 13.9. The molecule has 1 fully saturated rings. The molecule has 0 spiro atoms. The number of amides is 2. The number of rotatable bonds is 13. The zero-order valence-corrected chi connectivity index (χ0v) is 26.2. The molecule has 2 aromatic rings. The summed E-state index contributed by atoms with van der Waals surface area (Å²) in [6.45, 7) is 4.33. The van der Waals surface area contributed by atoms with Crippen LogP contribution in [-0.4, -0.2) is 103 Å². The van der Waals surface area contributed by atoms with Crippen LogP contribution in [0.3, 0.4) is 0 Å². The van der Waals surface area contributed by atoms with Crippen molar-refractivity contribution in [2.75, 3.05) is 68.9 Å². The molecule has 12 nitrogen and oxygen atoms in total. The van der Waals surface area contributed by atoms with Crippen molar-refractivity contribution in [3.05, 3.63) is 35.4 Å². The van der Waals surface area contributed by atoms with Crippen molar-refractivity contribution < 1.29 is 47.5 Å². The molecule has 0 aromatic heterocycles. The Morgan fingerprint density at radius 1 is 0.698 bits per heavy atom. The predicted molar refractivity (Wildman–Crippen MR) is 158 cm³/mol. The molecule has 12 heteroatoms. The second kappa shape index (κ2) is 15.2. The van der Waals surface area contributed by atoms with Crippen molar-refractivity contribution in [3.63, 3.8) is 0 Å². The van der Waals surface area contributed by atoms with Gasteiger partial charge in [-0.2, -0.15) is 0 Å². The van der Waals surface area contributed by atoms with E-state index in [1.54, 1.807) is 34.1 Å². The number of benzene rings is 2. The van der Waals surface area contributed by atoms with Crippen LogP contribution in [0.15, 0.2) is 24.3 Å². The first-order valence-corrected chi connectivity index (χ1v) is 14.1. The standard InChI is InChI=1S/C31H42N2O10/c1-9-19(10-2)31(36)43-18-22-17-32(29(34)20-13-23(37-3)27(41-7)24(14-20)38-4)11-12-33(22)30(35)21-15-25(39-5)28(42-8)26(16-21)40-6/h13-16,19,22H,9-12,17-18H2,1-8H3/t22-/m0/s1. The summed E-state index contributed by atoms with van der Waals surface area (Å²) in [6.07, 6.45) is 1.28. The first kappa shape index (κ1) is 33.2. The van der Waals surface area contributed by atoms with E-state index in [0.717, 1.165) is 0 Å². The van der Waals surface area contributed by atoms with Crippen LogP contribution in [0.1, 0.15) is 47.4 Å². The van der Waals surface area contributed by atoms with Crippen LogP contribution in [0.5, 0.6) is 34.5 Å². The number of nitrogens with zero attached hydrogens (tertiary/aromatic N) is 2. The lowest BCUT2D eigenvalue weighted by Crippen LogP contribution is -2.58. The minimum absolute atomic E-state index is 0.0788. The van der Waals surface area contributed by atoms with Crippen LogP contribution in [-0.2, 0) is 9.53 Å². The molecule has 1 aliphatic heterocycles. The van der Waals surface area contributed by atoms with Crippen LogP contribution >= 0.6 is 0 Å². The molecule has 1 heterocycles. The molecule has 0 radical (unpaired) electrons. The highest BCUT2D eigenvalue weighted by atomic mass is 16.5. The predicted octanol–water partition coefficient (Wildman–Crippen LogP) is 3.68. The average molecular weight is 603 g/mol. The topological polar surface area (TPSA) is 122 Å². The molecule has 0 bridgehead atoms. The molecule has 43 heavy (non-hydrogen) atoms. The van der Waals surface area contributed by atoms with E-state index in [0.29, 0.717) is 58.5 Å². The van der Waals surface area contributed by atoms with Gasteiger partial charge in [-0.05, 0) is 37.1 Å². The quantitative estimate of drug-likeness (QED) is 0.314. The van der Waals surface area contributed by atoms with Gasteiger partial charge >= 0.3 is 5.97 Å². The van der Waals surface area contributed by atoms with Gasteiger partial charge in [-0.15, -0.1) is 0 Å². The second-order valence-electron chi connectivity index (χ2n) is 9.88. The van der Waals surface area contributed by atoms with Gasteiger partial charge in [0.15, 0.2) is 23.0 Å². The lowest BCUT2D eigenvalue weighted by atomic mass is 10.0. The van der Waals surface area contributed by atoms with E-state index in [4.69, 9.17) is 33.2 Å². The van der Waals surface area contributed by atoms with E-state index >= 15 is 0 Å². The third-order valence-electron chi connectivity index (χ3n) is 7.59. The SMILES string of the molecule is CCC(CC)C(=O)OC[C@@H]1CN(C(=O)c2cc(OC)c(OC)c(OC)c2)CCN1C(=O)c1cc(OC)c(OC)c(OC)c1. The molecular weight excluding hydrogens is 560 g/mol. The van der Waals surface area contributed by atoms with E-state index in [1.165, 1.54) is 42.7 Å². The van der Waals surface area contributed by atoms with Crippen LogP contribution < -0.4 is 28.4 Å². The Balaban J connectivity index is 1.95. The van der Waals surface area contributed by atoms with Gasteiger partial charge in [0.05, 0.1) is 54.6 Å². The van der Waals surface area contributed by atoms with Crippen molar-refractivity contribution in [1.82, 2.24) is 9.80 Å². The van der Waals surface area contributed by atoms with Crippen LogP contribution in [0, 0.1) is 5.92 Å². The van der Waals surface area contributed by atoms with E-state index < -0.39 is 6.04 Å². The minimum atomic E-state index is -0.621. The summed E-state index contributed by atoms with van der Waals surface area (Å²) < 4.78 is 38.2. The summed E-state index contributed by atoms with van der Waals surface area (Å²) in [5.74, 6) is 0.869. The highest BCUT2D eigenvalue weighted by Gasteiger charge is 2.36. The van der Waals surface area contributed by atoms with E-state index in [-0.39, 0.29) is 49.9 Å². The van der Waals surface area contributed by atoms with Crippen LogP contribution in [0.25, 0.3) is 0 Å². The van der Waals surface area contributed by atoms with Gasteiger partial charge in [-0.1, -0.05) is 13.8 Å². The van der Waals surface area contributed by atoms with Crippen LogP contribution in [0.2, 0.25) is 0 Å². The molecule has 0 saturated carbocycles. The molecule has 2 aromatic carbocycles. The summed E-state index contributed by atoms with van der Waals surface area (Å²) >= 11 is 0. The second-order valence-corrected chi connectivity index (χ2v) is 9.88. The largest absolute Gasteiger partial charge is 0.493 e. The van der Waals surface area contributed by atoms with Gasteiger partial charge < -0.3 is 43.0 Å². The highest BCUT2D eigenvalue weighted by Crippen LogP contribution is 2.40. The third-order valence-corrected chi connectivity index (χ3v) is 7.59. The number of hydrogen-bond acceptors (Lipinski definition) is 10. The van der Waals surface area contributed by atoms with Crippen molar-refractivity contribution in [2.24, 2.45) is 5.92 Å². The monoisotopic (exact) mass is 602 g/mol. The van der Waals surface area contributed by atoms with Crippen LogP contribution in [0.4, 0.5) is 0 Å². The molecule has 0 unspecified atom stereocenters. The lowest BCUT2D eigenvalue weighted by Gasteiger charge is -2.41. The number of carbonyl (C=O) groups excluding carboxylic acids is 3. The highest BCUT2D eigenvalue weighted by molar-refractivity contribution is 5.97. The van der Waals surface area contributed by atoms with E-state index in [2.05, 4.69) is 0 Å². The summed E-state index contributed by atoms with van der Waals surface area (Å²) in [6, 6.07) is 5.69. The Hall–Kier alpha value is -4.35. The van der Waals surface area contributed by atoms with Crippen molar-refractivity contribution in [3.8, 4) is 34.5 Å². The van der Waals surface area contributed by atoms with E-state index in [1.807, 2.05) is 13.8 Å². The first-order valence-electron chi connectivity index (χ1n) is 14.1. The molecule has 2 amide bonds. The molecule has 3 rings (SSSR count). The summed E-state index contributed by atoms with van der Waals surface area (Å²) in [5.41, 5.74) is 0.627. The molecule has 1 atom stereocenters. The molecule has 236 valence electrons. The number of piperazine rings is 1. The van der Waals surface area contributed by atoms with Gasteiger partial charge in [-0.3, -0.25) is 14.4 Å². The van der Waals surface area contributed by atoms with Gasteiger partial charge in [0.25, 0.3) is 11.8 Å². The number of methoxy groups -OCH3 is 6. The van der Waals surface area contributed by atoms with Crippen molar-refractivity contribution in [2.45, 2.75) is 32.7 Å². The Kier molecular flexibility index (Phi) is 11.7. The fraction of sp³-hybridized carbons (Fsp3) is 0.516. The Labute approximate surface area is 252 Å². The fourth-order valence-corrected chi connectivity index (χ4v) is 5.13. The maximum absolute atomic E-state index is 13.9. The van der Waals surface area contributed by atoms with Gasteiger partial charge in [0.2, 0.25) is 11.5 Å². The number of ether oxygens (including phenoxy) is 7. The molecule has 1 saturated heterocycles. The lowest BCUT2D eigenvalue weighted by molar-refractivity contribution is -0.150. The molecule has 0 aliphatic carbocycles. The molecular formula is C31H42N2O10. The smallest absolute Gasteiger partial charge is 0.308 e. The number of hydrogen-bond donors (Lipinski definition) is 0. The average Bonchev–Trinajstić information content (AvgIpc) is 3.05. The zero-order chi connectivity index (χ0) is 31.7. The van der Waals surface area contributed by atoms with Crippen molar-refractivity contribution >= 4 is 17.8 Å². The number of esters is 1. The maximum Gasteiger partial charge on any atom is 0.308 e.